The summed E-state index contributed by atoms with van der Waals surface area (Å²) >= 11 is 0. The second-order valence-electron chi connectivity index (χ2n) is 7.90. The van der Waals surface area contributed by atoms with Crippen LogP contribution in [0.5, 0.6) is 0 Å². The minimum atomic E-state index is 0. The molecule has 5 aliphatic rings. The van der Waals surface area contributed by atoms with E-state index in [1.54, 1.807) is 0 Å². The van der Waals surface area contributed by atoms with Gasteiger partial charge in [-0.3, -0.25) is 0 Å². The van der Waals surface area contributed by atoms with Gasteiger partial charge in [-0.05, 0) is 67.7 Å². The number of hydrogen-bond donors (Lipinski definition) is 0. The van der Waals surface area contributed by atoms with Crippen LogP contribution >= 0.6 is 0 Å². The molecule has 3 heteroatoms. The summed E-state index contributed by atoms with van der Waals surface area (Å²) in [6.45, 7) is 11.3. The van der Waals surface area contributed by atoms with Crippen molar-refractivity contribution in [1.29, 1.82) is 0 Å². The molecule has 2 atom stereocenters. The molecule has 0 amide bonds. The molecule has 0 radical (unpaired) electrons. The zero-order valence-electron chi connectivity index (χ0n) is 15.7. The van der Waals surface area contributed by atoms with Crippen molar-refractivity contribution in [1.82, 2.24) is 4.58 Å². The zero-order chi connectivity index (χ0) is 16.9. The Hall–Kier alpha value is -1.87. The maximum absolute atomic E-state index is 6.37. The Balaban J connectivity index is 0.00000182. The van der Waals surface area contributed by atoms with Crippen LogP contribution in [0.1, 0.15) is 46.3 Å². The van der Waals surface area contributed by atoms with Gasteiger partial charge in [0.2, 0.25) is 5.36 Å². The number of rotatable bonds is 3. The fourth-order valence-electron chi connectivity index (χ4n) is 4.64. The van der Waals surface area contributed by atoms with Gasteiger partial charge in [0.25, 0.3) is 0 Å². The van der Waals surface area contributed by atoms with E-state index < -0.39 is 0 Å². The Morgan fingerprint density at radius 2 is 1.80 bits per heavy atom. The van der Waals surface area contributed by atoms with E-state index in [9.17, 15) is 0 Å². The Bertz CT molecular complexity index is 837. The smallest absolute Gasteiger partial charge is 0.203 e. The molecular weight excluding hydrogens is 310 g/mol. The van der Waals surface area contributed by atoms with Crippen LogP contribution in [0.15, 0.2) is 40.8 Å². The van der Waals surface area contributed by atoms with Crippen LogP contribution in [0.3, 0.4) is 0 Å². The van der Waals surface area contributed by atoms with Gasteiger partial charge in [0.1, 0.15) is 24.6 Å². The molecule has 2 bridgehead atoms. The maximum atomic E-state index is 6.37. The molecule has 1 fully saturated rings. The third-order valence-corrected chi connectivity index (χ3v) is 6.51. The van der Waals surface area contributed by atoms with Crippen molar-refractivity contribution in [3.8, 4) is 11.3 Å². The molecule has 0 aromatic heterocycles. The van der Waals surface area contributed by atoms with Crippen molar-refractivity contribution in [2.75, 3.05) is 13.1 Å². The second kappa shape index (κ2) is 6.45. The van der Waals surface area contributed by atoms with Gasteiger partial charge >= 0.3 is 0 Å². The highest BCUT2D eigenvalue weighted by Crippen LogP contribution is 2.61. The Kier molecular flexibility index (Phi) is 4.63. The Labute approximate surface area is 150 Å². The first-order valence-electron chi connectivity index (χ1n) is 9.36. The van der Waals surface area contributed by atoms with Crippen LogP contribution in [0.4, 0.5) is 0 Å². The lowest BCUT2D eigenvalue weighted by molar-refractivity contribution is 0.0102. The van der Waals surface area contributed by atoms with Gasteiger partial charge in [0.15, 0.2) is 0 Å². The topological polar surface area (TPSA) is 46.1 Å². The van der Waals surface area contributed by atoms with E-state index in [1.165, 1.54) is 29.3 Å². The second-order valence-corrected chi connectivity index (χ2v) is 7.90. The van der Waals surface area contributed by atoms with Crippen LogP contribution in [-0.2, 0) is 0 Å². The number of allylic oxidation sites excluding steroid dienone is 2. The van der Waals surface area contributed by atoms with E-state index in [1.807, 2.05) is 0 Å². The zero-order valence-corrected chi connectivity index (χ0v) is 15.7. The molecule has 1 aliphatic heterocycles. The molecule has 3 nitrogen and oxygen atoms in total. The highest BCUT2D eigenvalue weighted by Gasteiger charge is 2.51. The van der Waals surface area contributed by atoms with E-state index in [2.05, 4.69) is 68.7 Å². The van der Waals surface area contributed by atoms with Gasteiger partial charge in [0, 0.05) is 11.6 Å². The van der Waals surface area contributed by atoms with Crippen molar-refractivity contribution < 1.29 is 9.89 Å². The summed E-state index contributed by atoms with van der Waals surface area (Å²) < 4.78 is 8.74. The van der Waals surface area contributed by atoms with Gasteiger partial charge in [0.05, 0.1) is 6.07 Å². The third-order valence-electron chi connectivity index (χ3n) is 6.51. The van der Waals surface area contributed by atoms with E-state index in [0.29, 0.717) is 11.3 Å². The molecule has 1 saturated carbocycles. The molecule has 1 heterocycles. The molecule has 5 rings (SSSR count). The average molecular weight is 339 g/mol. The Morgan fingerprint density at radius 1 is 1.08 bits per heavy atom. The molecule has 25 heavy (non-hydrogen) atoms. The van der Waals surface area contributed by atoms with E-state index in [4.69, 9.17) is 4.42 Å². The number of fused-ring (bicyclic) bond motifs is 2. The minimum Gasteiger partial charge on any atom is -0.870 e. The van der Waals surface area contributed by atoms with Crippen LogP contribution in [0.2, 0.25) is 0 Å². The SMILES string of the molecule is CC[N+](CC)=c1ccc2ccc(C3=CCC4CC3C4(C)C)oc-2c1.[OH-]. The first kappa shape index (κ1) is 17.9. The number of benzene rings is 1. The molecule has 134 valence electrons. The van der Waals surface area contributed by atoms with Crippen molar-refractivity contribution in [2.24, 2.45) is 17.3 Å². The van der Waals surface area contributed by atoms with Crippen molar-refractivity contribution in [3.05, 3.63) is 47.5 Å². The van der Waals surface area contributed by atoms with Gasteiger partial charge in [-0.15, -0.1) is 0 Å². The maximum Gasteiger partial charge on any atom is 0.203 e. The lowest BCUT2D eigenvalue weighted by Gasteiger charge is -2.56. The summed E-state index contributed by atoms with van der Waals surface area (Å²) in [5.41, 5.74) is 3.03. The van der Waals surface area contributed by atoms with Gasteiger partial charge in [-0.25, -0.2) is 4.58 Å². The highest BCUT2D eigenvalue weighted by atomic mass is 16.3. The standard InChI is InChI=1S/C22H28NO.H2O/c1-5-23(6-2)17-10-7-15-8-12-20(24-21(15)14-17)18-11-9-16-13-19(18)22(16,3)4;/h7-8,10-12,14,16,19H,5-6,9,13H2,1-4H3;1H2/q+1;/p-1. The first-order chi connectivity index (χ1) is 11.5. The summed E-state index contributed by atoms with van der Waals surface area (Å²) in [6.07, 6.45) is 4.95. The van der Waals surface area contributed by atoms with Crippen LogP contribution < -0.4 is 9.93 Å². The van der Waals surface area contributed by atoms with E-state index >= 15 is 0 Å². The number of hydrogen-bond acceptors (Lipinski definition) is 2. The normalized spacial score (nSPS) is 23.4. The summed E-state index contributed by atoms with van der Waals surface area (Å²) in [5, 5.41) is 1.25. The van der Waals surface area contributed by atoms with E-state index in [-0.39, 0.29) is 5.48 Å². The predicted octanol–water partition coefficient (Wildman–Crippen LogP) is 4.47. The van der Waals surface area contributed by atoms with Crippen LogP contribution in [0.25, 0.3) is 16.9 Å². The summed E-state index contributed by atoms with van der Waals surface area (Å²) in [7, 11) is 0. The molecule has 0 aromatic rings. The predicted molar refractivity (Wildman–Crippen MR) is 102 cm³/mol. The molecular formula is C22H29NO2. The lowest BCUT2D eigenvalue weighted by Crippen LogP contribution is -2.47. The molecule has 2 unspecified atom stereocenters. The van der Waals surface area contributed by atoms with Gasteiger partial charge in [-0.1, -0.05) is 19.9 Å². The fourth-order valence-corrected chi connectivity index (χ4v) is 4.64. The molecule has 1 N–H and O–H groups in total. The molecule has 4 aliphatic carbocycles. The van der Waals surface area contributed by atoms with Gasteiger partial charge < -0.3 is 9.89 Å². The monoisotopic (exact) mass is 339 g/mol. The first-order valence-corrected chi connectivity index (χ1v) is 9.36. The summed E-state index contributed by atoms with van der Waals surface area (Å²) in [6, 6.07) is 10.9. The highest BCUT2D eigenvalue weighted by molar-refractivity contribution is 5.70. The molecule has 0 aromatic carbocycles. The quantitative estimate of drug-likeness (QED) is 0.775. The lowest BCUT2D eigenvalue weighted by atomic mass is 9.48. The summed E-state index contributed by atoms with van der Waals surface area (Å²) in [5.74, 6) is 3.58. The minimum absolute atomic E-state index is 0. The van der Waals surface area contributed by atoms with Crippen LogP contribution in [-0.4, -0.2) is 18.6 Å². The fraction of sp³-hybridized carbons (Fsp3) is 0.500. The van der Waals surface area contributed by atoms with E-state index in [0.717, 1.165) is 30.5 Å². The van der Waals surface area contributed by atoms with Crippen LogP contribution in [0, 0.1) is 17.3 Å². The Morgan fingerprint density at radius 3 is 2.44 bits per heavy atom. The van der Waals surface area contributed by atoms with Crippen molar-refractivity contribution >= 4 is 5.57 Å². The molecule has 0 saturated heterocycles. The van der Waals surface area contributed by atoms with Gasteiger partial charge in [-0.2, -0.15) is 0 Å². The third kappa shape index (κ3) is 2.75. The number of nitrogens with zero attached hydrogens (tertiary/aromatic N) is 1. The average Bonchev–Trinajstić information content (AvgIpc) is 2.62. The largest absolute Gasteiger partial charge is 0.870 e. The summed E-state index contributed by atoms with van der Waals surface area (Å²) in [4.78, 5) is 0. The van der Waals surface area contributed by atoms with Crippen molar-refractivity contribution in [3.63, 3.8) is 0 Å². The van der Waals surface area contributed by atoms with Crippen molar-refractivity contribution in [2.45, 2.75) is 40.5 Å². The molecule has 0 spiro atoms.